The fourth-order valence-electron chi connectivity index (χ4n) is 11.5. The molecule has 4 aliphatic rings. The second-order valence-electron chi connectivity index (χ2n) is 16.4. The van der Waals surface area contributed by atoms with Gasteiger partial charge < -0.3 is 20.0 Å². The minimum atomic E-state index is 0.0138. The van der Waals surface area contributed by atoms with Gasteiger partial charge in [0.2, 0.25) is 0 Å². The highest BCUT2D eigenvalue weighted by molar-refractivity contribution is 6.09. The molecule has 2 aromatic heterocycles. The molecule has 5 heteroatoms. The molecule has 2 aliphatic heterocycles. The van der Waals surface area contributed by atoms with Gasteiger partial charge in [0.05, 0.1) is 0 Å². The number of rotatable bonds is 6. The number of nitrogens with one attached hydrogen (secondary N) is 2. The Labute approximate surface area is 302 Å². The number of fused-ring (bicyclic) bond motifs is 8. The zero-order chi connectivity index (χ0) is 33.9. The zero-order valence-corrected chi connectivity index (χ0v) is 30.0. The van der Waals surface area contributed by atoms with Gasteiger partial charge in [0, 0.05) is 56.4 Å². The third-order valence-electron chi connectivity index (χ3n) is 13.9. The summed E-state index contributed by atoms with van der Waals surface area (Å²) < 4.78 is 0. The van der Waals surface area contributed by atoms with E-state index in [4.69, 9.17) is 0 Å². The summed E-state index contributed by atoms with van der Waals surface area (Å²) in [6.45, 7) is 5.89. The predicted molar refractivity (Wildman–Crippen MR) is 210 cm³/mol. The molecule has 51 heavy (non-hydrogen) atoms. The fraction of sp³-hybridized carbons (Fsp3) is 0.435. The third kappa shape index (κ3) is 5.34. The maximum Gasteiger partial charge on any atom is 0.116 e. The number of phenolic OH excluding ortho intramolecular Hbond substituents is 1. The molecule has 0 radical (unpaired) electrons. The van der Waals surface area contributed by atoms with Crippen molar-refractivity contribution in [1.82, 2.24) is 19.8 Å². The number of hydrogen-bond donors (Lipinski definition) is 3. The summed E-state index contributed by atoms with van der Waals surface area (Å²) in [5, 5.41) is 14.8. The third-order valence-corrected chi connectivity index (χ3v) is 13.9. The van der Waals surface area contributed by atoms with Crippen LogP contribution in [0.3, 0.4) is 0 Å². The van der Waals surface area contributed by atoms with Crippen LogP contribution < -0.4 is 0 Å². The second kappa shape index (κ2) is 12.9. The summed E-state index contributed by atoms with van der Waals surface area (Å²) in [6.07, 6.45) is 13.5. The van der Waals surface area contributed by atoms with Crippen molar-refractivity contribution in [3.63, 3.8) is 0 Å². The Balaban J connectivity index is 1.14. The number of hydrogen-bond acceptors (Lipinski definition) is 3. The van der Waals surface area contributed by atoms with E-state index in [0.29, 0.717) is 23.5 Å². The highest BCUT2D eigenvalue weighted by Gasteiger charge is 2.53. The SMILES string of the molecule is Oc1ccc2[nH]c3c(c2c1)CC(C(CN1CCC(c2ccccc2)CC1)(C1CCCc2ccc4[nH]c5ccccc5c4c21)N1CCCCC1)CC3. The second-order valence-corrected chi connectivity index (χ2v) is 16.4. The molecule has 262 valence electrons. The number of nitrogens with zero attached hydrogens (tertiary/aromatic N) is 2. The highest BCUT2D eigenvalue weighted by Crippen LogP contribution is 2.54. The lowest BCUT2D eigenvalue weighted by molar-refractivity contribution is -0.0445. The number of likely N-dealkylation sites (tertiary alicyclic amines) is 2. The number of phenols is 1. The van der Waals surface area contributed by atoms with E-state index in [1.54, 1.807) is 11.1 Å². The molecule has 2 fully saturated rings. The number of aromatic amines is 2. The molecule has 3 atom stereocenters. The summed E-state index contributed by atoms with van der Waals surface area (Å²) in [5.41, 5.74) is 11.4. The van der Waals surface area contributed by atoms with Crippen LogP contribution in [0.4, 0.5) is 0 Å². The molecule has 0 amide bonds. The molecular weight excluding hydrogens is 625 g/mol. The normalized spacial score (nSPS) is 23.4. The average Bonchev–Trinajstić information content (AvgIpc) is 3.75. The summed E-state index contributed by atoms with van der Waals surface area (Å²) in [6, 6.07) is 31.1. The standard InChI is InChI=1S/C46H52N4O/c51-35-18-21-42-38(29-35)37-28-34(17-20-41(37)47-42)46(50-24-7-2-8-25-50,30-49-26-22-32(23-27-49)31-10-3-1-4-11-31)39-14-9-12-33-16-19-43-45(44(33)39)36-13-5-6-15-40(36)48-43/h1,3-6,10-11,13,15-16,18-19,21,29,32,34,39,47-48,51H,2,7-9,12,14,17,20,22-28,30H2. The van der Waals surface area contributed by atoms with Crippen LogP contribution in [0.1, 0.15) is 91.2 Å². The predicted octanol–water partition coefficient (Wildman–Crippen LogP) is 9.84. The Hall–Kier alpha value is -4.06. The Morgan fingerprint density at radius 2 is 1.47 bits per heavy atom. The molecule has 6 aromatic rings. The lowest BCUT2D eigenvalue weighted by Crippen LogP contribution is -2.66. The van der Waals surface area contributed by atoms with Crippen LogP contribution in [-0.2, 0) is 19.3 Å². The van der Waals surface area contributed by atoms with Gasteiger partial charge in [0.15, 0.2) is 0 Å². The molecule has 3 unspecified atom stereocenters. The number of benzene rings is 4. The van der Waals surface area contributed by atoms with Crippen molar-refractivity contribution in [2.45, 2.75) is 88.0 Å². The highest BCUT2D eigenvalue weighted by atomic mass is 16.3. The average molecular weight is 677 g/mol. The molecule has 0 saturated carbocycles. The number of aryl methyl sites for hydroxylation is 2. The van der Waals surface area contributed by atoms with Crippen LogP contribution in [-0.4, -0.2) is 63.1 Å². The quantitative estimate of drug-likeness (QED) is 0.165. The molecule has 3 N–H and O–H groups in total. The van der Waals surface area contributed by atoms with Crippen molar-refractivity contribution < 1.29 is 5.11 Å². The minimum Gasteiger partial charge on any atom is -0.508 e. The van der Waals surface area contributed by atoms with Crippen LogP contribution >= 0.6 is 0 Å². The summed E-state index contributed by atoms with van der Waals surface area (Å²) in [5.74, 6) is 2.01. The van der Waals surface area contributed by atoms with Crippen molar-refractivity contribution in [2.24, 2.45) is 5.92 Å². The van der Waals surface area contributed by atoms with Crippen LogP contribution in [0.2, 0.25) is 0 Å². The van der Waals surface area contributed by atoms with E-state index in [1.165, 1.54) is 133 Å². The maximum atomic E-state index is 10.6. The van der Waals surface area contributed by atoms with E-state index in [1.807, 2.05) is 12.1 Å². The van der Waals surface area contributed by atoms with Crippen molar-refractivity contribution in [1.29, 1.82) is 0 Å². The first-order valence-corrected chi connectivity index (χ1v) is 20.0. The molecule has 2 saturated heterocycles. The van der Waals surface area contributed by atoms with Crippen molar-refractivity contribution >= 4 is 32.7 Å². The maximum absolute atomic E-state index is 10.6. The van der Waals surface area contributed by atoms with Gasteiger partial charge in [-0.25, -0.2) is 0 Å². The van der Waals surface area contributed by atoms with Crippen LogP contribution in [0, 0.1) is 5.92 Å². The number of para-hydroxylation sites is 1. The Kier molecular flexibility index (Phi) is 7.98. The first-order chi connectivity index (χ1) is 25.2. The summed E-state index contributed by atoms with van der Waals surface area (Å²) in [4.78, 5) is 13.6. The smallest absolute Gasteiger partial charge is 0.116 e. The molecule has 10 rings (SSSR count). The van der Waals surface area contributed by atoms with E-state index in [-0.39, 0.29) is 5.54 Å². The van der Waals surface area contributed by atoms with Gasteiger partial charge in [-0.3, -0.25) is 4.90 Å². The fourth-order valence-corrected chi connectivity index (χ4v) is 11.5. The molecule has 4 heterocycles. The molecular formula is C46H52N4O. The van der Waals surface area contributed by atoms with Crippen LogP contribution in [0.25, 0.3) is 32.7 Å². The summed E-state index contributed by atoms with van der Waals surface area (Å²) in [7, 11) is 0. The number of aromatic hydroxyl groups is 1. The van der Waals surface area contributed by atoms with Crippen LogP contribution in [0.15, 0.2) is 84.9 Å². The van der Waals surface area contributed by atoms with Gasteiger partial charge in [0.1, 0.15) is 5.75 Å². The van der Waals surface area contributed by atoms with E-state index in [2.05, 4.69) is 92.6 Å². The van der Waals surface area contributed by atoms with Crippen LogP contribution in [0.5, 0.6) is 5.75 Å². The van der Waals surface area contributed by atoms with E-state index < -0.39 is 0 Å². The monoisotopic (exact) mass is 676 g/mol. The first kappa shape index (κ1) is 31.7. The molecule has 2 aliphatic carbocycles. The summed E-state index contributed by atoms with van der Waals surface area (Å²) >= 11 is 0. The van der Waals surface area contributed by atoms with Gasteiger partial charge in [-0.05, 0) is 155 Å². The van der Waals surface area contributed by atoms with Gasteiger partial charge in [0.25, 0.3) is 0 Å². The van der Waals surface area contributed by atoms with Gasteiger partial charge in [-0.2, -0.15) is 0 Å². The Morgan fingerprint density at radius 1 is 0.686 bits per heavy atom. The number of H-pyrrole nitrogens is 2. The lowest BCUT2D eigenvalue weighted by Gasteiger charge is -2.58. The minimum absolute atomic E-state index is 0.0138. The van der Waals surface area contributed by atoms with Crippen molar-refractivity contribution in [2.75, 3.05) is 32.7 Å². The molecule has 0 bridgehead atoms. The molecule has 0 spiro atoms. The lowest BCUT2D eigenvalue weighted by atomic mass is 9.60. The Morgan fingerprint density at radius 3 is 2.33 bits per heavy atom. The van der Waals surface area contributed by atoms with Crippen molar-refractivity contribution in [3.05, 3.63) is 113 Å². The topological polar surface area (TPSA) is 58.3 Å². The molecule has 5 nitrogen and oxygen atoms in total. The number of piperidine rings is 2. The van der Waals surface area contributed by atoms with E-state index in [9.17, 15) is 5.11 Å². The number of aromatic nitrogens is 2. The van der Waals surface area contributed by atoms with Gasteiger partial charge >= 0.3 is 0 Å². The van der Waals surface area contributed by atoms with Gasteiger partial charge in [-0.1, -0.05) is 61.0 Å². The molecule has 4 aromatic carbocycles. The van der Waals surface area contributed by atoms with Crippen molar-refractivity contribution in [3.8, 4) is 5.75 Å². The van der Waals surface area contributed by atoms with E-state index >= 15 is 0 Å². The first-order valence-electron chi connectivity index (χ1n) is 20.0. The largest absolute Gasteiger partial charge is 0.508 e. The Bertz CT molecular complexity index is 2180. The van der Waals surface area contributed by atoms with Gasteiger partial charge in [-0.15, -0.1) is 0 Å². The van der Waals surface area contributed by atoms with E-state index in [0.717, 1.165) is 19.4 Å². The zero-order valence-electron chi connectivity index (χ0n) is 30.0.